The van der Waals surface area contributed by atoms with E-state index in [1.54, 1.807) is 26.5 Å². The van der Waals surface area contributed by atoms with Gasteiger partial charge in [-0.05, 0) is 50.2 Å². The smallest absolute Gasteiger partial charge is 0.217 e. The van der Waals surface area contributed by atoms with Crippen LogP contribution in [0.15, 0.2) is 18.3 Å². The SMILES string of the molecule is COc1cc(OC)c2nccc(CCC34CCC(NC(=O)[O-])(CC3)CO4)c2n1. The van der Waals surface area contributed by atoms with Crippen LogP contribution in [0.1, 0.15) is 37.7 Å². The van der Waals surface area contributed by atoms with Gasteiger partial charge in [0.1, 0.15) is 11.6 Å². The van der Waals surface area contributed by atoms with E-state index < -0.39 is 11.6 Å². The van der Waals surface area contributed by atoms with Gasteiger partial charge >= 0.3 is 0 Å². The summed E-state index contributed by atoms with van der Waals surface area (Å²) in [5.74, 6) is 1.12. The standard InChI is InChI=1S/C20H25N3O5/c1-26-14-11-15(27-2)22-16-13(4-10-21-17(14)16)3-5-20-8-6-19(7-9-20,12-28-20)23-18(24)25/h4,10-11,23H,3,5-9,12H2,1-2H3,(H,24,25)/p-1. The number of hydrogen-bond acceptors (Lipinski definition) is 7. The minimum atomic E-state index is -1.23. The Hall–Kier alpha value is -2.61. The van der Waals surface area contributed by atoms with Crippen molar-refractivity contribution in [2.24, 2.45) is 0 Å². The number of nitrogens with one attached hydrogen (secondary N) is 1. The van der Waals surface area contributed by atoms with Crippen molar-refractivity contribution in [1.82, 2.24) is 15.3 Å². The molecule has 28 heavy (non-hydrogen) atoms. The highest BCUT2D eigenvalue weighted by atomic mass is 16.5. The number of aromatic nitrogens is 2. The molecule has 8 heteroatoms. The molecule has 3 aliphatic rings. The van der Waals surface area contributed by atoms with E-state index in [4.69, 9.17) is 14.2 Å². The molecule has 4 heterocycles. The number of carbonyl (C=O) groups is 1. The molecule has 0 atom stereocenters. The van der Waals surface area contributed by atoms with Crippen LogP contribution in [-0.2, 0) is 11.2 Å². The number of pyridine rings is 2. The maximum Gasteiger partial charge on any atom is 0.217 e. The summed E-state index contributed by atoms with van der Waals surface area (Å²) in [6.07, 6.45) is 5.37. The lowest BCUT2D eigenvalue weighted by molar-refractivity contribution is -0.258. The Balaban J connectivity index is 1.53. The molecular weight excluding hydrogens is 362 g/mol. The molecule has 150 valence electrons. The highest BCUT2D eigenvalue weighted by Gasteiger charge is 2.49. The lowest BCUT2D eigenvalue weighted by Crippen LogP contribution is -2.64. The number of carbonyl (C=O) groups excluding carboxylic acids is 1. The van der Waals surface area contributed by atoms with Crippen LogP contribution < -0.4 is 19.9 Å². The minimum absolute atomic E-state index is 0.214. The average Bonchev–Trinajstić information content (AvgIpc) is 2.72. The van der Waals surface area contributed by atoms with Crippen LogP contribution in [0, 0.1) is 0 Å². The Morgan fingerprint density at radius 1 is 1.25 bits per heavy atom. The van der Waals surface area contributed by atoms with Crippen molar-refractivity contribution in [2.75, 3.05) is 20.8 Å². The molecular formula is C20H24N3O5-. The van der Waals surface area contributed by atoms with Gasteiger partial charge in [-0.25, -0.2) is 4.98 Å². The third kappa shape index (κ3) is 3.32. The van der Waals surface area contributed by atoms with Crippen molar-refractivity contribution in [3.8, 4) is 11.6 Å². The highest BCUT2D eigenvalue weighted by Crippen LogP contribution is 2.46. The van der Waals surface area contributed by atoms with Crippen LogP contribution >= 0.6 is 0 Å². The maximum atomic E-state index is 11.0. The van der Waals surface area contributed by atoms with E-state index in [0.717, 1.165) is 49.6 Å². The Kier molecular flexibility index (Phi) is 4.74. The summed E-state index contributed by atoms with van der Waals surface area (Å²) in [6, 6.07) is 3.70. The molecule has 3 fully saturated rings. The van der Waals surface area contributed by atoms with E-state index in [-0.39, 0.29) is 5.60 Å². The van der Waals surface area contributed by atoms with Gasteiger partial charge in [-0.1, -0.05) is 0 Å². The van der Waals surface area contributed by atoms with Crippen LogP contribution in [0.2, 0.25) is 0 Å². The van der Waals surface area contributed by atoms with Crippen LogP contribution in [0.3, 0.4) is 0 Å². The van der Waals surface area contributed by atoms with Gasteiger partial charge in [0, 0.05) is 12.3 Å². The van der Waals surface area contributed by atoms with Crippen LogP contribution in [-0.4, -0.2) is 48.0 Å². The molecule has 2 aromatic heterocycles. The zero-order valence-electron chi connectivity index (χ0n) is 16.1. The van der Waals surface area contributed by atoms with Crippen molar-refractivity contribution in [3.63, 3.8) is 0 Å². The third-order valence-electron chi connectivity index (χ3n) is 6.14. The highest BCUT2D eigenvalue weighted by molar-refractivity contribution is 5.84. The van der Waals surface area contributed by atoms with Crippen molar-refractivity contribution >= 4 is 17.1 Å². The third-order valence-corrected chi connectivity index (χ3v) is 6.14. The van der Waals surface area contributed by atoms with Crippen LogP contribution in [0.5, 0.6) is 11.6 Å². The van der Waals surface area contributed by atoms with Crippen LogP contribution in [0.25, 0.3) is 11.0 Å². The molecule has 1 saturated carbocycles. The molecule has 2 saturated heterocycles. The van der Waals surface area contributed by atoms with E-state index in [9.17, 15) is 9.90 Å². The first-order chi connectivity index (χ1) is 13.5. The number of ether oxygens (including phenoxy) is 3. The summed E-state index contributed by atoms with van der Waals surface area (Å²) in [5, 5.41) is 13.5. The van der Waals surface area contributed by atoms with Crippen molar-refractivity contribution < 1.29 is 24.1 Å². The fraction of sp³-hybridized carbons (Fsp3) is 0.550. The van der Waals surface area contributed by atoms with Gasteiger partial charge in [-0.15, -0.1) is 0 Å². The normalized spacial score (nSPS) is 26.2. The second-order valence-corrected chi connectivity index (χ2v) is 7.70. The maximum absolute atomic E-state index is 11.0. The molecule has 8 nitrogen and oxygen atoms in total. The quantitative estimate of drug-likeness (QED) is 0.804. The van der Waals surface area contributed by atoms with E-state index in [1.807, 2.05) is 6.07 Å². The Labute approximate surface area is 163 Å². The van der Waals surface area contributed by atoms with Crippen LogP contribution in [0.4, 0.5) is 4.79 Å². The molecule has 2 bridgehead atoms. The molecule has 2 aliphatic heterocycles. The molecule has 1 N–H and O–H groups in total. The number of methoxy groups -OCH3 is 2. The second kappa shape index (κ2) is 7.09. The summed E-state index contributed by atoms with van der Waals surface area (Å²) >= 11 is 0. The van der Waals surface area contributed by atoms with E-state index in [2.05, 4.69) is 15.3 Å². The first-order valence-corrected chi connectivity index (χ1v) is 9.48. The fourth-order valence-corrected chi connectivity index (χ4v) is 4.41. The lowest BCUT2D eigenvalue weighted by atomic mass is 9.69. The predicted molar refractivity (Wildman–Crippen MR) is 99.4 cm³/mol. The number of rotatable bonds is 6. The van der Waals surface area contributed by atoms with Gasteiger partial charge in [0.15, 0.2) is 5.75 Å². The molecule has 2 aromatic rings. The molecule has 0 aromatic carbocycles. The van der Waals surface area contributed by atoms with Gasteiger partial charge in [-0.2, -0.15) is 0 Å². The Morgan fingerprint density at radius 2 is 2.04 bits per heavy atom. The Bertz CT molecular complexity index is 876. The number of fused-ring (bicyclic) bond motifs is 4. The average molecular weight is 386 g/mol. The predicted octanol–water partition coefficient (Wildman–Crippen LogP) is 1.59. The zero-order valence-corrected chi connectivity index (χ0v) is 16.1. The van der Waals surface area contributed by atoms with Crippen molar-refractivity contribution in [1.29, 1.82) is 0 Å². The largest absolute Gasteiger partial charge is 0.530 e. The number of amides is 1. The molecule has 1 aliphatic carbocycles. The first-order valence-electron chi connectivity index (χ1n) is 9.48. The molecule has 0 spiro atoms. The molecule has 1 amide bonds. The minimum Gasteiger partial charge on any atom is -0.530 e. The van der Waals surface area contributed by atoms with Crippen molar-refractivity contribution in [2.45, 2.75) is 49.7 Å². The summed E-state index contributed by atoms with van der Waals surface area (Å²) in [7, 11) is 3.18. The van der Waals surface area contributed by atoms with Gasteiger partial charge in [0.25, 0.3) is 0 Å². The molecule has 5 rings (SSSR count). The van der Waals surface area contributed by atoms with E-state index in [0.29, 0.717) is 23.8 Å². The topological polar surface area (TPSA) is 106 Å². The van der Waals surface area contributed by atoms with Gasteiger partial charge in [0.05, 0.1) is 37.5 Å². The van der Waals surface area contributed by atoms with E-state index >= 15 is 0 Å². The first kappa shape index (κ1) is 18.7. The summed E-state index contributed by atoms with van der Waals surface area (Å²) in [4.78, 5) is 20.0. The molecule has 0 unspecified atom stereocenters. The van der Waals surface area contributed by atoms with Gasteiger partial charge in [0.2, 0.25) is 5.88 Å². The van der Waals surface area contributed by atoms with Gasteiger partial charge in [-0.3, -0.25) is 4.98 Å². The summed E-state index contributed by atoms with van der Waals surface area (Å²) in [5.41, 5.74) is 1.86. The summed E-state index contributed by atoms with van der Waals surface area (Å²) < 4.78 is 16.9. The van der Waals surface area contributed by atoms with E-state index in [1.165, 1.54) is 0 Å². The summed E-state index contributed by atoms with van der Waals surface area (Å²) in [6.45, 7) is 0.401. The fourth-order valence-electron chi connectivity index (χ4n) is 4.41. The monoisotopic (exact) mass is 386 g/mol. The lowest BCUT2D eigenvalue weighted by Gasteiger charge is -2.54. The van der Waals surface area contributed by atoms with Crippen molar-refractivity contribution in [3.05, 3.63) is 23.9 Å². The molecule has 0 radical (unpaired) electrons. The Morgan fingerprint density at radius 3 is 2.64 bits per heavy atom. The zero-order chi connectivity index (χ0) is 19.8. The number of carboxylic acid groups (broad SMARTS) is 1. The number of hydrogen-bond donors (Lipinski definition) is 1. The number of nitrogens with zero attached hydrogens (tertiary/aromatic N) is 2. The van der Waals surface area contributed by atoms with Gasteiger partial charge < -0.3 is 29.4 Å². The number of aryl methyl sites for hydroxylation is 1. The second-order valence-electron chi connectivity index (χ2n) is 7.70.